The Kier molecular flexibility index (Phi) is 9.34. The van der Waals surface area contributed by atoms with Gasteiger partial charge in [0.1, 0.15) is 11.5 Å². The minimum absolute atomic E-state index is 0. The molecule has 0 atom stereocenters. The Morgan fingerprint density at radius 1 is 1.10 bits per heavy atom. The van der Waals surface area contributed by atoms with Crippen LogP contribution in [0.25, 0.3) is 11.1 Å². The van der Waals surface area contributed by atoms with Gasteiger partial charge in [0.15, 0.2) is 5.82 Å². The predicted molar refractivity (Wildman–Crippen MR) is 115 cm³/mol. The Morgan fingerprint density at radius 2 is 1.87 bits per heavy atom. The number of ether oxygens (including phenoxy) is 1. The number of aromatic amines is 1. The second kappa shape index (κ2) is 11.5. The van der Waals surface area contributed by atoms with Gasteiger partial charge in [-0.15, -0.1) is 10.2 Å². The summed E-state index contributed by atoms with van der Waals surface area (Å²) in [4.78, 5) is 0. The second-order valence-electron chi connectivity index (χ2n) is 7.97. The van der Waals surface area contributed by atoms with E-state index in [0.717, 1.165) is 60.4 Å². The van der Waals surface area contributed by atoms with E-state index in [0.29, 0.717) is 6.61 Å². The Labute approximate surface area is 202 Å². The van der Waals surface area contributed by atoms with Gasteiger partial charge < -0.3 is 11.3 Å². The van der Waals surface area contributed by atoms with Crippen molar-refractivity contribution in [2.45, 2.75) is 58.3 Å². The second-order valence-corrected chi connectivity index (χ2v) is 7.97. The quantitative estimate of drug-likeness (QED) is 0.389. The molecule has 0 aliphatic carbocycles. The zero-order valence-electron chi connectivity index (χ0n) is 19.5. The first-order chi connectivity index (χ1) is 14.0. The van der Waals surface area contributed by atoms with Crippen LogP contribution in [0.1, 0.15) is 59.3 Å². The fraction of sp³-hybridized carbons (Fsp3) is 0.435. The summed E-state index contributed by atoms with van der Waals surface area (Å²) in [7, 11) is 0. The summed E-state index contributed by atoms with van der Waals surface area (Å²) in [6.07, 6.45) is 4.93. The maximum atomic E-state index is 10.6. The smallest absolute Gasteiger partial charge is 1.00 e. The van der Waals surface area contributed by atoms with E-state index in [2.05, 4.69) is 41.4 Å². The largest absolute Gasteiger partial charge is 1.00 e. The first kappa shape index (κ1) is 24.4. The fourth-order valence-electron chi connectivity index (χ4n) is 3.55. The Bertz CT molecular complexity index is 905. The molecule has 0 spiro atoms. The van der Waals surface area contributed by atoms with Crippen molar-refractivity contribution in [2.24, 2.45) is 0 Å². The van der Waals surface area contributed by atoms with Crippen LogP contribution in [0, 0.1) is 0 Å². The molecule has 7 heteroatoms. The zero-order chi connectivity index (χ0) is 20.7. The molecule has 0 unspecified atom stereocenters. The van der Waals surface area contributed by atoms with Crippen LogP contribution >= 0.6 is 0 Å². The van der Waals surface area contributed by atoms with E-state index in [9.17, 15) is 5.11 Å². The summed E-state index contributed by atoms with van der Waals surface area (Å²) in [6, 6.07) is 13.8. The molecule has 0 amide bonds. The molecule has 0 aliphatic rings. The van der Waals surface area contributed by atoms with Crippen molar-refractivity contribution >= 4 is 0 Å². The Morgan fingerprint density at radius 3 is 2.53 bits per heavy atom. The normalized spacial score (nSPS) is 11.2. The van der Waals surface area contributed by atoms with Gasteiger partial charge in [0, 0.05) is 17.0 Å². The maximum Gasteiger partial charge on any atom is 1.00 e. The molecule has 0 saturated heterocycles. The van der Waals surface area contributed by atoms with Crippen LogP contribution in [-0.2, 0) is 11.8 Å². The molecule has 3 rings (SSSR count). The van der Waals surface area contributed by atoms with Crippen molar-refractivity contribution in [2.75, 3.05) is 6.61 Å². The van der Waals surface area contributed by atoms with Gasteiger partial charge in [-0.1, -0.05) is 69.2 Å². The molecule has 1 heterocycles. The minimum atomic E-state index is -0.0804. The molecule has 2 N–H and O–H groups in total. The topological polar surface area (TPSA) is 83.9 Å². The third kappa shape index (κ3) is 6.30. The number of H-pyrrole nitrogens is 1. The monoisotopic (exact) mass is 418 g/mol. The molecule has 0 aliphatic heterocycles. The summed E-state index contributed by atoms with van der Waals surface area (Å²) in [5.74, 6) is 1.76. The van der Waals surface area contributed by atoms with Gasteiger partial charge in [-0.3, -0.25) is 0 Å². The number of phenols is 1. The molecular formula is C23H31N4NaO2. The van der Waals surface area contributed by atoms with Gasteiger partial charge in [0.05, 0.1) is 6.61 Å². The van der Waals surface area contributed by atoms with Gasteiger partial charge in [0.2, 0.25) is 0 Å². The zero-order valence-corrected chi connectivity index (χ0v) is 20.5. The third-order valence-electron chi connectivity index (χ3n) is 5.28. The molecule has 0 bridgehead atoms. The van der Waals surface area contributed by atoms with E-state index in [-0.39, 0.29) is 42.1 Å². The molecule has 0 radical (unpaired) electrons. The molecule has 3 aromatic rings. The number of nitrogens with zero attached hydrogens (tertiary/aromatic N) is 3. The Hall–Kier alpha value is -1.89. The number of aromatic nitrogens is 4. The number of hydrogen-bond donors (Lipinski definition) is 2. The minimum Gasteiger partial charge on any atom is -1.00 e. The van der Waals surface area contributed by atoms with Crippen LogP contribution in [0.3, 0.4) is 0 Å². The van der Waals surface area contributed by atoms with Crippen molar-refractivity contribution in [3.05, 3.63) is 53.9 Å². The number of nitrogens with one attached hydrogen (secondary N) is 1. The molecule has 156 valence electrons. The Balaban J connectivity index is 0.00000240. The van der Waals surface area contributed by atoms with Crippen molar-refractivity contribution < 1.29 is 40.8 Å². The summed E-state index contributed by atoms with van der Waals surface area (Å²) >= 11 is 0. The van der Waals surface area contributed by atoms with Crippen molar-refractivity contribution in [1.29, 1.82) is 0 Å². The third-order valence-corrected chi connectivity index (χ3v) is 5.28. The van der Waals surface area contributed by atoms with E-state index in [4.69, 9.17) is 4.74 Å². The SMILES string of the molecule is CCc1cc(OCCCCCC(C)(C)c2nn[nH]n2)cc(O)c1-c1ccccc1.[H-].[Na+]. The molecular weight excluding hydrogens is 387 g/mol. The van der Waals surface area contributed by atoms with Gasteiger partial charge >= 0.3 is 29.6 Å². The van der Waals surface area contributed by atoms with E-state index >= 15 is 0 Å². The number of rotatable bonds is 10. The van der Waals surface area contributed by atoms with E-state index in [1.807, 2.05) is 36.4 Å². The van der Waals surface area contributed by atoms with Crippen LogP contribution in [0.5, 0.6) is 11.5 Å². The number of benzene rings is 2. The van der Waals surface area contributed by atoms with E-state index in [1.54, 1.807) is 6.07 Å². The number of hydrogen-bond acceptors (Lipinski definition) is 5. The van der Waals surface area contributed by atoms with Crippen molar-refractivity contribution in [3.8, 4) is 22.6 Å². The summed E-state index contributed by atoms with van der Waals surface area (Å²) < 4.78 is 5.92. The molecule has 6 nitrogen and oxygen atoms in total. The first-order valence-electron chi connectivity index (χ1n) is 10.3. The number of tetrazole rings is 1. The van der Waals surface area contributed by atoms with Crippen LogP contribution in [-0.4, -0.2) is 32.3 Å². The average molecular weight is 419 g/mol. The molecule has 1 aromatic heterocycles. The number of aromatic hydroxyl groups is 1. The average Bonchev–Trinajstić information content (AvgIpc) is 3.26. The van der Waals surface area contributed by atoms with Crippen LogP contribution in [0.2, 0.25) is 0 Å². The summed E-state index contributed by atoms with van der Waals surface area (Å²) in [5, 5.41) is 25.0. The van der Waals surface area contributed by atoms with E-state index in [1.165, 1.54) is 0 Å². The number of phenolic OH excluding ortho intramolecular Hbond substituents is 1. The molecule has 30 heavy (non-hydrogen) atoms. The number of aryl methyl sites for hydroxylation is 1. The van der Waals surface area contributed by atoms with Gasteiger partial charge in [0.25, 0.3) is 0 Å². The van der Waals surface area contributed by atoms with Gasteiger partial charge in [-0.05, 0) is 36.5 Å². The van der Waals surface area contributed by atoms with Gasteiger partial charge in [-0.25, -0.2) is 0 Å². The molecule has 2 aromatic carbocycles. The summed E-state index contributed by atoms with van der Waals surface area (Å²) in [5.41, 5.74) is 2.93. The van der Waals surface area contributed by atoms with E-state index < -0.39 is 0 Å². The summed E-state index contributed by atoms with van der Waals surface area (Å²) in [6.45, 7) is 7.00. The standard InChI is InChI=1S/C23H30N4O2.Na.H/c1-4-17-15-19(16-20(28)21(17)18-11-7-5-8-12-18)29-14-10-6-9-13-23(2,3)22-24-26-27-25-22;;/h5,7-8,11-12,15-16,28H,4,6,9-10,13-14H2,1-3H3,(H,24,25,26,27);;/q;+1;-1. The van der Waals surface area contributed by atoms with Crippen molar-refractivity contribution in [3.63, 3.8) is 0 Å². The van der Waals surface area contributed by atoms with Crippen LogP contribution < -0.4 is 34.3 Å². The molecule has 0 fully saturated rings. The maximum absolute atomic E-state index is 10.6. The van der Waals surface area contributed by atoms with Crippen molar-refractivity contribution in [1.82, 2.24) is 20.6 Å². The first-order valence-corrected chi connectivity index (χ1v) is 10.3. The van der Waals surface area contributed by atoms with Gasteiger partial charge in [-0.2, -0.15) is 5.21 Å². The fourth-order valence-corrected chi connectivity index (χ4v) is 3.55. The molecule has 0 saturated carbocycles. The van der Waals surface area contributed by atoms with Crippen LogP contribution in [0.4, 0.5) is 0 Å². The predicted octanol–water partition coefficient (Wildman–Crippen LogP) is 2.17. The number of unbranched alkanes of at least 4 members (excludes halogenated alkanes) is 2. The van der Waals surface area contributed by atoms with Crippen LogP contribution in [0.15, 0.2) is 42.5 Å².